The average Bonchev–Trinajstić information content (AvgIpc) is 2.71. The number of ether oxygens (including phenoxy) is 1. The van der Waals surface area contributed by atoms with Crippen molar-refractivity contribution in [2.75, 3.05) is 0 Å². The summed E-state index contributed by atoms with van der Waals surface area (Å²) in [5.41, 5.74) is 0.991. The van der Waals surface area contributed by atoms with Gasteiger partial charge in [-0.05, 0) is 30.5 Å². The van der Waals surface area contributed by atoms with Gasteiger partial charge in [0.2, 0.25) is 5.91 Å². The Kier molecular flexibility index (Phi) is 8.11. The third-order valence-corrected chi connectivity index (χ3v) is 5.30. The number of hydrogen-bond acceptors (Lipinski definition) is 3. The van der Waals surface area contributed by atoms with Gasteiger partial charge in [0.1, 0.15) is 11.8 Å². The minimum Gasteiger partial charge on any atom is -0.410 e. The highest BCUT2D eigenvalue weighted by molar-refractivity contribution is 5.86. The van der Waals surface area contributed by atoms with Crippen molar-refractivity contribution in [3.8, 4) is 5.75 Å². The van der Waals surface area contributed by atoms with E-state index in [-0.39, 0.29) is 11.9 Å². The van der Waals surface area contributed by atoms with Gasteiger partial charge in [-0.1, -0.05) is 80.6 Å². The molecule has 0 aromatic heterocycles. The molecule has 0 radical (unpaired) electrons. The van der Waals surface area contributed by atoms with Crippen LogP contribution in [0.3, 0.4) is 0 Å². The first-order valence-electron chi connectivity index (χ1n) is 10.6. The molecule has 3 rings (SSSR count). The minimum absolute atomic E-state index is 0.149. The number of amides is 2. The largest absolute Gasteiger partial charge is 0.413 e. The topological polar surface area (TPSA) is 67.4 Å². The van der Waals surface area contributed by atoms with Gasteiger partial charge in [0.05, 0.1) is 0 Å². The maximum absolute atomic E-state index is 13.0. The van der Waals surface area contributed by atoms with Crippen molar-refractivity contribution >= 4 is 12.0 Å². The van der Waals surface area contributed by atoms with Crippen LogP contribution in [0, 0.1) is 0 Å². The SMILES string of the molecule is O=C(N[C@@H](Cc1ccccc1)C(=O)NC1CCCCCCC1)Oc1ccccc1. The average molecular weight is 395 g/mol. The predicted molar refractivity (Wildman–Crippen MR) is 114 cm³/mol. The maximum atomic E-state index is 13.0. The van der Waals surface area contributed by atoms with Gasteiger partial charge in [0.25, 0.3) is 0 Å². The van der Waals surface area contributed by atoms with E-state index in [0.29, 0.717) is 12.2 Å². The van der Waals surface area contributed by atoms with E-state index >= 15 is 0 Å². The van der Waals surface area contributed by atoms with Gasteiger partial charge in [0, 0.05) is 12.5 Å². The zero-order valence-corrected chi connectivity index (χ0v) is 16.8. The molecule has 0 bridgehead atoms. The van der Waals surface area contributed by atoms with Crippen LogP contribution >= 0.6 is 0 Å². The molecule has 1 aliphatic rings. The van der Waals surface area contributed by atoms with E-state index in [1.165, 1.54) is 19.3 Å². The molecule has 0 aliphatic heterocycles. The Morgan fingerprint density at radius 2 is 1.45 bits per heavy atom. The zero-order chi connectivity index (χ0) is 20.3. The first-order valence-corrected chi connectivity index (χ1v) is 10.6. The molecule has 1 saturated carbocycles. The normalized spacial score (nSPS) is 16.1. The summed E-state index contributed by atoms with van der Waals surface area (Å²) in [6.45, 7) is 0. The van der Waals surface area contributed by atoms with Crippen molar-refractivity contribution < 1.29 is 14.3 Å². The van der Waals surface area contributed by atoms with Crippen LogP contribution in [0.5, 0.6) is 5.75 Å². The highest BCUT2D eigenvalue weighted by Crippen LogP contribution is 2.17. The summed E-state index contributed by atoms with van der Waals surface area (Å²) >= 11 is 0. The Bertz CT molecular complexity index is 756. The lowest BCUT2D eigenvalue weighted by molar-refractivity contribution is -0.123. The second-order valence-electron chi connectivity index (χ2n) is 7.64. The number of para-hydroxylation sites is 1. The van der Waals surface area contributed by atoms with Crippen molar-refractivity contribution in [3.63, 3.8) is 0 Å². The summed E-state index contributed by atoms with van der Waals surface area (Å²) in [5.74, 6) is 0.299. The molecule has 1 aliphatic carbocycles. The van der Waals surface area contributed by atoms with Gasteiger partial charge in [-0.2, -0.15) is 0 Å². The molecule has 0 saturated heterocycles. The Hall–Kier alpha value is -2.82. The minimum atomic E-state index is -0.681. The summed E-state index contributed by atoms with van der Waals surface area (Å²) in [5, 5.41) is 5.93. The molecular formula is C24H30N2O3. The van der Waals surface area contributed by atoms with Gasteiger partial charge in [-0.25, -0.2) is 4.79 Å². The van der Waals surface area contributed by atoms with Gasteiger partial charge < -0.3 is 15.4 Å². The maximum Gasteiger partial charge on any atom is 0.413 e. The Morgan fingerprint density at radius 1 is 0.862 bits per heavy atom. The number of nitrogens with one attached hydrogen (secondary N) is 2. The van der Waals surface area contributed by atoms with Gasteiger partial charge in [-0.15, -0.1) is 0 Å². The van der Waals surface area contributed by atoms with Crippen LogP contribution in [0.2, 0.25) is 0 Å². The van der Waals surface area contributed by atoms with Crippen molar-refractivity contribution in [1.82, 2.24) is 10.6 Å². The van der Waals surface area contributed by atoms with E-state index in [1.54, 1.807) is 24.3 Å². The number of hydrogen-bond donors (Lipinski definition) is 2. The predicted octanol–water partition coefficient (Wildman–Crippen LogP) is 4.62. The molecule has 2 aromatic carbocycles. The summed E-state index contributed by atoms with van der Waals surface area (Å²) in [6.07, 6.45) is 7.80. The zero-order valence-electron chi connectivity index (χ0n) is 16.8. The molecule has 154 valence electrons. The lowest BCUT2D eigenvalue weighted by Gasteiger charge is -2.25. The lowest BCUT2D eigenvalue weighted by Crippen LogP contribution is -2.51. The fourth-order valence-corrected chi connectivity index (χ4v) is 3.73. The van der Waals surface area contributed by atoms with Crippen LogP contribution in [-0.2, 0) is 11.2 Å². The van der Waals surface area contributed by atoms with Gasteiger partial charge >= 0.3 is 6.09 Å². The fourth-order valence-electron chi connectivity index (χ4n) is 3.73. The molecule has 2 amide bonds. The molecular weight excluding hydrogens is 364 g/mol. The molecule has 1 fully saturated rings. The smallest absolute Gasteiger partial charge is 0.410 e. The number of rotatable bonds is 6. The highest BCUT2D eigenvalue weighted by Gasteiger charge is 2.24. The first kappa shape index (κ1) is 20.9. The van der Waals surface area contributed by atoms with Crippen LogP contribution in [0.25, 0.3) is 0 Å². The van der Waals surface area contributed by atoms with Gasteiger partial charge in [-0.3, -0.25) is 4.79 Å². The molecule has 5 heteroatoms. The summed E-state index contributed by atoms with van der Waals surface area (Å²) < 4.78 is 5.33. The molecule has 5 nitrogen and oxygen atoms in total. The molecule has 2 N–H and O–H groups in total. The van der Waals surface area contributed by atoms with Crippen LogP contribution in [-0.4, -0.2) is 24.1 Å². The van der Waals surface area contributed by atoms with E-state index in [0.717, 1.165) is 31.2 Å². The number of carbonyl (C=O) groups excluding carboxylic acids is 2. The van der Waals surface area contributed by atoms with Crippen LogP contribution in [0.1, 0.15) is 50.5 Å². The van der Waals surface area contributed by atoms with Gasteiger partial charge in [0.15, 0.2) is 0 Å². The van der Waals surface area contributed by atoms with Crippen molar-refractivity contribution in [3.05, 3.63) is 66.2 Å². The standard InChI is InChI=1S/C24H30N2O3/c27-23(25-20-14-8-2-1-3-9-15-20)22(18-19-12-6-4-7-13-19)26-24(28)29-21-16-10-5-11-17-21/h4-7,10-13,16-17,20,22H,1-3,8-9,14-15,18H2,(H,25,27)(H,26,28)/t22-/m0/s1. The van der Waals surface area contributed by atoms with E-state index in [2.05, 4.69) is 10.6 Å². The summed E-state index contributed by atoms with van der Waals surface area (Å²) in [7, 11) is 0. The molecule has 0 unspecified atom stereocenters. The van der Waals surface area contributed by atoms with Crippen molar-refractivity contribution in [2.24, 2.45) is 0 Å². The second kappa shape index (κ2) is 11.2. The fraction of sp³-hybridized carbons (Fsp3) is 0.417. The van der Waals surface area contributed by atoms with Crippen molar-refractivity contribution in [1.29, 1.82) is 0 Å². The number of benzene rings is 2. The lowest BCUT2D eigenvalue weighted by atomic mass is 9.96. The molecule has 0 heterocycles. The van der Waals surface area contributed by atoms with E-state index < -0.39 is 12.1 Å². The van der Waals surface area contributed by atoms with Crippen molar-refractivity contribution in [2.45, 2.75) is 63.5 Å². The second-order valence-corrected chi connectivity index (χ2v) is 7.64. The quantitative estimate of drug-likeness (QED) is 0.751. The summed E-state index contributed by atoms with van der Waals surface area (Å²) in [4.78, 5) is 25.4. The Morgan fingerprint density at radius 3 is 2.10 bits per heavy atom. The van der Waals surface area contributed by atoms with E-state index in [4.69, 9.17) is 4.74 Å². The summed E-state index contributed by atoms with van der Waals surface area (Å²) in [6, 6.07) is 18.1. The molecule has 0 spiro atoms. The molecule has 2 aromatic rings. The van der Waals surface area contributed by atoms with E-state index in [1.807, 2.05) is 36.4 Å². The third kappa shape index (κ3) is 7.26. The first-order chi connectivity index (χ1) is 14.2. The third-order valence-electron chi connectivity index (χ3n) is 5.30. The molecule has 29 heavy (non-hydrogen) atoms. The highest BCUT2D eigenvalue weighted by atomic mass is 16.6. The van der Waals surface area contributed by atoms with Crippen LogP contribution < -0.4 is 15.4 Å². The Balaban J connectivity index is 1.64. The molecule has 1 atom stereocenters. The number of carbonyl (C=O) groups is 2. The monoisotopic (exact) mass is 394 g/mol. The van der Waals surface area contributed by atoms with Crippen LogP contribution in [0.15, 0.2) is 60.7 Å². The van der Waals surface area contributed by atoms with Crippen LogP contribution in [0.4, 0.5) is 4.79 Å². The van der Waals surface area contributed by atoms with E-state index in [9.17, 15) is 9.59 Å². The Labute approximate surface area is 172 Å².